The predicted octanol–water partition coefficient (Wildman–Crippen LogP) is 3.32. The fourth-order valence-corrected chi connectivity index (χ4v) is 2.07. The Morgan fingerprint density at radius 1 is 1.08 bits per heavy atom. The van der Waals surface area contributed by atoms with Crippen LogP contribution in [-0.4, -0.2) is 17.6 Å². The maximum absolute atomic E-state index is 11.8. The van der Waals surface area contributed by atoms with E-state index in [0.717, 1.165) is 15.6 Å². The van der Waals surface area contributed by atoms with Crippen LogP contribution in [0.1, 0.15) is 18.1 Å². The van der Waals surface area contributed by atoms with E-state index in [2.05, 4.69) is 31.4 Å². The van der Waals surface area contributed by atoms with E-state index in [1.165, 1.54) is 6.08 Å². The topological polar surface area (TPSA) is 79.8 Å². The summed E-state index contributed by atoms with van der Waals surface area (Å²) in [5.74, 6) is -0.425. The molecule has 0 aliphatic carbocycles. The number of amides is 1. The van der Waals surface area contributed by atoms with Crippen molar-refractivity contribution in [3.8, 4) is 0 Å². The molecule has 6 heteroatoms. The number of carbonyl (C=O) groups is 1. The van der Waals surface area contributed by atoms with Crippen LogP contribution in [0.3, 0.4) is 0 Å². The number of hydrogen-bond donors (Lipinski definition) is 2. The second-order valence-electron chi connectivity index (χ2n) is 4.91. The minimum atomic E-state index is -0.364. The van der Waals surface area contributed by atoms with E-state index in [9.17, 15) is 4.79 Å². The van der Waals surface area contributed by atoms with Gasteiger partial charge >= 0.3 is 0 Å². The summed E-state index contributed by atoms with van der Waals surface area (Å²) >= 11 is 3.37. The zero-order valence-corrected chi connectivity index (χ0v) is 14.7. The molecule has 3 N–H and O–H groups in total. The molecular formula is C18H17BrN4O. The lowest BCUT2D eigenvalue weighted by Crippen LogP contribution is -2.35. The smallest absolute Gasteiger partial charge is 0.250 e. The minimum Gasteiger partial charge on any atom is -0.368 e. The molecular weight excluding hydrogens is 368 g/mol. The Bertz CT molecular complexity index is 780. The van der Waals surface area contributed by atoms with E-state index in [4.69, 9.17) is 5.73 Å². The molecule has 2 aromatic carbocycles. The first-order chi connectivity index (χ1) is 11.5. The van der Waals surface area contributed by atoms with Gasteiger partial charge in [0.15, 0.2) is 0 Å². The van der Waals surface area contributed by atoms with Gasteiger partial charge in [0, 0.05) is 10.5 Å². The minimum absolute atomic E-state index is 0.0610. The lowest BCUT2D eigenvalue weighted by Gasteiger charge is -2.01. The van der Waals surface area contributed by atoms with Crippen molar-refractivity contribution in [3.63, 3.8) is 0 Å². The number of rotatable bonds is 4. The Morgan fingerprint density at radius 3 is 2.42 bits per heavy atom. The molecule has 24 heavy (non-hydrogen) atoms. The molecule has 2 aromatic rings. The van der Waals surface area contributed by atoms with Crippen molar-refractivity contribution in [1.29, 1.82) is 0 Å². The molecule has 0 saturated heterocycles. The van der Waals surface area contributed by atoms with Crippen LogP contribution >= 0.6 is 15.9 Å². The first-order valence-corrected chi connectivity index (χ1v) is 8.01. The maximum atomic E-state index is 11.8. The molecule has 5 nitrogen and oxygen atoms in total. The van der Waals surface area contributed by atoms with Gasteiger partial charge in [0.25, 0.3) is 5.91 Å². The van der Waals surface area contributed by atoms with Gasteiger partial charge in [-0.2, -0.15) is 5.10 Å². The molecule has 0 unspecified atom stereocenters. The van der Waals surface area contributed by atoms with Gasteiger partial charge in [-0.3, -0.25) is 10.1 Å². The van der Waals surface area contributed by atoms with E-state index in [1.54, 1.807) is 6.08 Å². The summed E-state index contributed by atoms with van der Waals surface area (Å²) in [6, 6.07) is 17.1. The number of nitrogens with one attached hydrogen (secondary N) is 1. The van der Waals surface area contributed by atoms with E-state index >= 15 is 0 Å². The predicted molar refractivity (Wildman–Crippen MR) is 102 cm³/mol. The molecule has 0 radical (unpaired) electrons. The van der Waals surface area contributed by atoms with Crippen LogP contribution in [0.25, 0.3) is 6.08 Å². The molecule has 122 valence electrons. The van der Waals surface area contributed by atoms with Crippen molar-refractivity contribution in [3.05, 3.63) is 76.3 Å². The van der Waals surface area contributed by atoms with E-state index in [-0.39, 0.29) is 11.9 Å². The molecule has 1 amide bonds. The van der Waals surface area contributed by atoms with Gasteiger partial charge in [0.05, 0.1) is 5.71 Å². The SMILES string of the molecule is C/C(=N/N=C(\N)NC(=O)/C=C/c1ccccc1)c1ccc(Br)cc1. The van der Waals surface area contributed by atoms with Gasteiger partial charge in [-0.1, -0.05) is 58.4 Å². The van der Waals surface area contributed by atoms with Crippen molar-refractivity contribution in [2.24, 2.45) is 15.9 Å². The van der Waals surface area contributed by atoms with E-state index in [1.807, 2.05) is 61.5 Å². The average Bonchev–Trinajstić information content (AvgIpc) is 2.59. The van der Waals surface area contributed by atoms with Crippen LogP contribution in [0, 0.1) is 0 Å². The largest absolute Gasteiger partial charge is 0.368 e. The highest BCUT2D eigenvalue weighted by atomic mass is 79.9. The fraction of sp³-hybridized carbons (Fsp3) is 0.0556. The van der Waals surface area contributed by atoms with Crippen molar-refractivity contribution in [2.45, 2.75) is 6.92 Å². The van der Waals surface area contributed by atoms with Crippen molar-refractivity contribution < 1.29 is 4.79 Å². The number of halogens is 1. The zero-order valence-electron chi connectivity index (χ0n) is 13.1. The quantitative estimate of drug-likeness (QED) is 0.367. The van der Waals surface area contributed by atoms with Crippen molar-refractivity contribution >= 4 is 39.6 Å². The van der Waals surface area contributed by atoms with Gasteiger partial charge in [-0.25, -0.2) is 0 Å². The number of benzene rings is 2. The summed E-state index contributed by atoms with van der Waals surface area (Å²) < 4.78 is 0.986. The van der Waals surface area contributed by atoms with Crippen LogP contribution in [-0.2, 0) is 4.79 Å². The van der Waals surface area contributed by atoms with Crippen LogP contribution < -0.4 is 11.1 Å². The third kappa shape index (κ3) is 5.81. The second kappa shape index (κ2) is 8.79. The molecule has 0 aliphatic rings. The van der Waals surface area contributed by atoms with Gasteiger partial charge in [0.1, 0.15) is 0 Å². The Balaban J connectivity index is 1.95. The zero-order chi connectivity index (χ0) is 17.4. The number of carbonyl (C=O) groups excluding carboxylic acids is 1. The summed E-state index contributed by atoms with van der Waals surface area (Å²) in [4.78, 5) is 11.8. The monoisotopic (exact) mass is 384 g/mol. The third-order valence-corrected chi connectivity index (χ3v) is 3.58. The standard InChI is InChI=1S/C18H17BrN4O/c1-13(15-8-10-16(19)11-9-15)22-23-18(20)21-17(24)12-7-14-5-3-2-4-6-14/h2-12H,1H3,(H3,20,21,23,24)/b12-7+,22-13-. The Labute approximate surface area is 149 Å². The average molecular weight is 385 g/mol. The molecule has 0 aliphatic heterocycles. The van der Waals surface area contributed by atoms with Crippen molar-refractivity contribution in [2.75, 3.05) is 0 Å². The Hall–Kier alpha value is -2.73. The molecule has 0 heterocycles. The maximum Gasteiger partial charge on any atom is 0.250 e. The summed E-state index contributed by atoms with van der Waals surface area (Å²) in [6.07, 6.45) is 3.09. The Kier molecular flexibility index (Phi) is 6.45. The van der Waals surface area contributed by atoms with Gasteiger partial charge in [-0.05, 0) is 36.3 Å². The number of guanidine groups is 1. The molecule has 2 rings (SSSR count). The van der Waals surface area contributed by atoms with Crippen LogP contribution in [0.15, 0.2) is 75.3 Å². The second-order valence-corrected chi connectivity index (χ2v) is 5.83. The molecule has 0 spiro atoms. The first-order valence-electron chi connectivity index (χ1n) is 7.22. The number of nitrogens with zero attached hydrogens (tertiary/aromatic N) is 2. The summed E-state index contributed by atoms with van der Waals surface area (Å²) in [5.41, 5.74) is 8.20. The van der Waals surface area contributed by atoms with Crippen LogP contribution in [0.4, 0.5) is 0 Å². The lowest BCUT2D eigenvalue weighted by atomic mass is 10.1. The first kappa shape index (κ1) is 17.6. The van der Waals surface area contributed by atoms with Crippen LogP contribution in [0.5, 0.6) is 0 Å². The molecule has 0 atom stereocenters. The highest BCUT2D eigenvalue weighted by Crippen LogP contribution is 2.11. The number of hydrogen-bond acceptors (Lipinski definition) is 3. The highest BCUT2D eigenvalue weighted by Gasteiger charge is 2.00. The van der Waals surface area contributed by atoms with Gasteiger partial charge < -0.3 is 5.73 Å². The van der Waals surface area contributed by atoms with Crippen LogP contribution in [0.2, 0.25) is 0 Å². The summed E-state index contributed by atoms with van der Waals surface area (Å²) in [5, 5.41) is 10.3. The highest BCUT2D eigenvalue weighted by molar-refractivity contribution is 9.10. The van der Waals surface area contributed by atoms with Crippen molar-refractivity contribution in [1.82, 2.24) is 5.32 Å². The number of nitrogens with two attached hydrogens (primary N) is 1. The fourth-order valence-electron chi connectivity index (χ4n) is 1.81. The normalized spacial score (nSPS) is 12.4. The Morgan fingerprint density at radius 2 is 1.75 bits per heavy atom. The molecule has 0 bridgehead atoms. The van der Waals surface area contributed by atoms with E-state index in [0.29, 0.717) is 5.71 Å². The molecule has 0 fully saturated rings. The van der Waals surface area contributed by atoms with E-state index < -0.39 is 0 Å². The van der Waals surface area contributed by atoms with Gasteiger partial charge in [0.2, 0.25) is 5.96 Å². The lowest BCUT2D eigenvalue weighted by molar-refractivity contribution is -0.115. The van der Waals surface area contributed by atoms with Gasteiger partial charge in [-0.15, -0.1) is 5.10 Å². The molecule has 0 aromatic heterocycles. The molecule has 0 saturated carbocycles. The summed E-state index contributed by atoms with van der Waals surface area (Å²) in [7, 11) is 0. The summed E-state index contributed by atoms with van der Waals surface area (Å²) in [6.45, 7) is 1.82. The third-order valence-electron chi connectivity index (χ3n) is 3.05.